The number of fused-ring (bicyclic) bond motifs is 1. The Labute approximate surface area is 161 Å². The first-order chi connectivity index (χ1) is 13.7. The van der Waals surface area contributed by atoms with Crippen LogP contribution in [-0.4, -0.2) is 17.1 Å². The van der Waals surface area contributed by atoms with Crippen LogP contribution in [0, 0.1) is 5.82 Å². The first-order valence-corrected chi connectivity index (χ1v) is 8.75. The number of hydrazone groups is 1. The number of carbonyl (C=O) groups excluding carboxylic acids is 1. The van der Waals surface area contributed by atoms with Crippen molar-refractivity contribution in [2.45, 2.75) is 0 Å². The summed E-state index contributed by atoms with van der Waals surface area (Å²) < 4.78 is 13.0. The van der Waals surface area contributed by atoms with Gasteiger partial charge in [-0.1, -0.05) is 60.7 Å². The van der Waals surface area contributed by atoms with Crippen LogP contribution in [-0.2, 0) is 0 Å². The van der Waals surface area contributed by atoms with Gasteiger partial charge < -0.3 is 0 Å². The van der Waals surface area contributed by atoms with Crippen LogP contribution >= 0.6 is 0 Å². The largest absolute Gasteiger partial charge is 0.272 e. The molecule has 0 aliphatic heterocycles. The summed E-state index contributed by atoms with van der Waals surface area (Å²) in [4.78, 5) is 17.4. The number of rotatable bonds is 4. The molecule has 4 nitrogen and oxygen atoms in total. The zero-order valence-corrected chi connectivity index (χ0v) is 14.8. The minimum Gasteiger partial charge on any atom is -0.267 e. The molecule has 0 atom stereocenters. The summed E-state index contributed by atoms with van der Waals surface area (Å²) in [6.45, 7) is 0. The molecule has 1 aromatic heterocycles. The van der Waals surface area contributed by atoms with E-state index in [1.54, 1.807) is 18.2 Å². The molecule has 0 bridgehead atoms. The smallest absolute Gasteiger partial charge is 0.267 e. The van der Waals surface area contributed by atoms with Gasteiger partial charge in [-0.25, -0.2) is 14.8 Å². The lowest BCUT2D eigenvalue weighted by molar-refractivity contribution is 0.0956. The Morgan fingerprint density at radius 1 is 0.929 bits per heavy atom. The molecule has 0 unspecified atom stereocenters. The molecule has 4 rings (SSSR count). The second kappa shape index (κ2) is 7.80. The molecule has 3 aromatic carbocycles. The van der Waals surface area contributed by atoms with Gasteiger partial charge in [-0.15, -0.1) is 0 Å². The number of nitrogens with zero attached hydrogens (tertiary/aromatic N) is 2. The molecular formula is C23H16FN3O. The molecule has 28 heavy (non-hydrogen) atoms. The Hall–Kier alpha value is -3.86. The number of pyridine rings is 1. The molecule has 1 heterocycles. The van der Waals surface area contributed by atoms with Crippen LogP contribution in [0.25, 0.3) is 22.2 Å². The maximum Gasteiger partial charge on any atom is 0.272 e. The van der Waals surface area contributed by atoms with Crippen molar-refractivity contribution in [1.82, 2.24) is 10.4 Å². The van der Waals surface area contributed by atoms with Gasteiger partial charge in [-0.05, 0) is 29.8 Å². The number of aromatic nitrogens is 1. The molecule has 136 valence electrons. The van der Waals surface area contributed by atoms with Crippen molar-refractivity contribution < 1.29 is 9.18 Å². The third kappa shape index (κ3) is 3.78. The average Bonchev–Trinajstić information content (AvgIpc) is 2.75. The fourth-order valence-corrected chi connectivity index (χ4v) is 2.89. The van der Waals surface area contributed by atoms with E-state index in [9.17, 15) is 9.18 Å². The highest BCUT2D eigenvalue weighted by atomic mass is 19.1. The van der Waals surface area contributed by atoms with Gasteiger partial charge in [-0.2, -0.15) is 5.10 Å². The van der Waals surface area contributed by atoms with Crippen LogP contribution in [0.4, 0.5) is 4.39 Å². The number of hydrogen-bond donors (Lipinski definition) is 1. The number of nitrogens with one attached hydrogen (secondary N) is 1. The lowest BCUT2D eigenvalue weighted by Crippen LogP contribution is -2.18. The predicted molar refractivity (Wildman–Crippen MR) is 109 cm³/mol. The molecule has 0 aliphatic rings. The quantitative estimate of drug-likeness (QED) is 0.415. The van der Waals surface area contributed by atoms with Gasteiger partial charge in [0.15, 0.2) is 0 Å². The zero-order valence-electron chi connectivity index (χ0n) is 14.8. The molecule has 0 saturated heterocycles. The van der Waals surface area contributed by atoms with Gasteiger partial charge in [-0.3, -0.25) is 4.79 Å². The van der Waals surface area contributed by atoms with Gasteiger partial charge in [0.25, 0.3) is 5.91 Å². The summed E-state index contributed by atoms with van der Waals surface area (Å²) in [7, 11) is 0. The topological polar surface area (TPSA) is 54.4 Å². The lowest BCUT2D eigenvalue weighted by atomic mass is 10.0. The number of benzene rings is 3. The molecule has 0 aliphatic carbocycles. The summed E-state index contributed by atoms with van der Waals surface area (Å²) in [6, 6.07) is 24.8. The minimum absolute atomic E-state index is 0.321. The van der Waals surface area contributed by atoms with Gasteiger partial charge in [0.2, 0.25) is 0 Å². The van der Waals surface area contributed by atoms with Crippen LogP contribution < -0.4 is 5.43 Å². The Morgan fingerprint density at radius 2 is 1.64 bits per heavy atom. The van der Waals surface area contributed by atoms with Crippen LogP contribution in [0.2, 0.25) is 0 Å². The number of carbonyl (C=O) groups is 1. The summed E-state index contributed by atoms with van der Waals surface area (Å²) >= 11 is 0. The van der Waals surface area contributed by atoms with Gasteiger partial charge >= 0.3 is 0 Å². The molecule has 0 spiro atoms. The SMILES string of the molecule is O=C(N/N=C\c1ccc(F)cc1)c1cc(-c2ccccc2)nc2ccccc12. The van der Waals surface area contributed by atoms with Crippen molar-refractivity contribution in [3.8, 4) is 11.3 Å². The third-order valence-corrected chi connectivity index (χ3v) is 4.28. The first-order valence-electron chi connectivity index (χ1n) is 8.75. The molecule has 5 heteroatoms. The summed E-state index contributed by atoms with van der Waals surface area (Å²) in [5, 5.41) is 4.74. The molecule has 4 aromatic rings. The van der Waals surface area contributed by atoms with Crippen molar-refractivity contribution in [2.24, 2.45) is 5.10 Å². The fraction of sp³-hybridized carbons (Fsp3) is 0. The standard InChI is InChI=1S/C23H16FN3O/c24-18-12-10-16(11-13-18)15-25-27-23(28)20-14-22(17-6-2-1-3-7-17)26-21-9-5-4-8-19(20)21/h1-15H,(H,27,28)/b25-15-. The Morgan fingerprint density at radius 3 is 2.43 bits per heavy atom. The third-order valence-electron chi connectivity index (χ3n) is 4.28. The molecule has 1 N–H and O–H groups in total. The Balaban J connectivity index is 1.66. The molecule has 0 radical (unpaired) electrons. The van der Waals surface area contributed by atoms with E-state index in [1.165, 1.54) is 18.3 Å². The minimum atomic E-state index is -0.339. The van der Waals surface area contributed by atoms with Gasteiger partial charge in [0, 0.05) is 10.9 Å². The van der Waals surface area contributed by atoms with E-state index >= 15 is 0 Å². The van der Waals surface area contributed by atoms with Crippen LogP contribution in [0.3, 0.4) is 0 Å². The molecule has 0 fully saturated rings. The van der Waals surface area contributed by atoms with E-state index in [0.717, 1.165) is 16.5 Å². The zero-order chi connectivity index (χ0) is 19.3. The van der Waals surface area contributed by atoms with Crippen molar-refractivity contribution >= 4 is 23.0 Å². The van der Waals surface area contributed by atoms with Crippen molar-refractivity contribution in [3.05, 3.63) is 102 Å². The maximum atomic E-state index is 13.0. The van der Waals surface area contributed by atoms with Crippen molar-refractivity contribution in [3.63, 3.8) is 0 Å². The van der Waals surface area contributed by atoms with Crippen LogP contribution in [0.15, 0.2) is 90.0 Å². The Kier molecular flexibility index (Phi) is 4.89. The summed E-state index contributed by atoms with van der Waals surface area (Å²) in [5.41, 5.74) is 6.09. The van der Waals surface area contributed by atoms with Crippen LogP contribution in [0.1, 0.15) is 15.9 Å². The summed E-state index contributed by atoms with van der Waals surface area (Å²) in [6.07, 6.45) is 1.47. The molecule has 0 saturated carbocycles. The Bertz CT molecular complexity index is 1160. The van der Waals surface area contributed by atoms with Crippen molar-refractivity contribution in [1.29, 1.82) is 0 Å². The summed E-state index contributed by atoms with van der Waals surface area (Å²) in [5.74, 6) is -0.660. The van der Waals surface area contributed by atoms with Crippen LogP contribution in [0.5, 0.6) is 0 Å². The highest BCUT2D eigenvalue weighted by molar-refractivity contribution is 6.07. The van der Waals surface area contributed by atoms with E-state index in [2.05, 4.69) is 15.5 Å². The van der Waals surface area contributed by atoms with Crippen molar-refractivity contribution in [2.75, 3.05) is 0 Å². The monoisotopic (exact) mass is 369 g/mol. The van der Waals surface area contributed by atoms with E-state index in [-0.39, 0.29) is 11.7 Å². The van der Waals surface area contributed by atoms with E-state index in [1.807, 2.05) is 54.6 Å². The number of hydrogen-bond acceptors (Lipinski definition) is 3. The number of para-hydroxylation sites is 1. The number of amides is 1. The normalized spacial score (nSPS) is 11.0. The highest BCUT2D eigenvalue weighted by Gasteiger charge is 2.13. The number of halogens is 1. The van der Waals surface area contributed by atoms with E-state index in [0.29, 0.717) is 16.8 Å². The fourth-order valence-electron chi connectivity index (χ4n) is 2.89. The van der Waals surface area contributed by atoms with Gasteiger partial charge in [0.05, 0.1) is 23.0 Å². The van der Waals surface area contributed by atoms with E-state index < -0.39 is 0 Å². The second-order valence-electron chi connectivity index (χ2n) is 6.19. The first kappa shape index (κ1) is 17.5. The second-order valence-corrected chi connectivity index (χ2v) is 6.19. The molecule has 1 amide bonds. The predicted octanol–water partition coefficient (Wildman–Crippen LogP) is 4.80. The highest BCUT2D eigenvalue weighted by Crippen LogP contribution is 2.24. The molecular weight excluding hydrogens is 353 g/mol. The average molecular weight is 369 g/mol. The van der Waals surface area contributed by atoms with E-state index in [4.69, 9.17) is 0 Å². The lowest BCUT2D eigenvalue weighted by Gasteiger charge is -2.09. The maximum absolute atomic E-state index is 13.0. The van der Waals surface area contributed by atoms with Gasteiger partial charge in [0.1, 0.15) is 5.82 Å².